The zero-order chi connectivity index (χ0) is 13.8. The van der Waals surface area contributed by atoms with Crippen molar-refractivity contribution in [3.63, 3.8) is 0 Å². The second kappa shape index (κ2) is 10.6. The molecule has 1 aromatic rings. The smallest absolute Gasteiger partial charge is 0.255 e. The van der Waals surface area contributed by atoms with Crippen molar-refractivity contribution in [1.82, 2.24) is 10.6 Å². The Balaban J connectivity index is 0.000000494. The summed E-state index contributed by atoms with van der Waals surface area (Å²) in [6.45, 7) is 9.00. The highest BCUT2D eigenvalue weighted by Gasteiger charge is 2.07. The summed E-state index contributed by atoms with van der Waals surface area (Å²) < 4.78 is 0. The highest BCUT2D eigenvalue weighted by atomic mass is 16.3. The Bertz CT molecular complexity index is 338. The fourth-order valence-electron chi connectivity index (χ4n) is 1.25. The molecule has 1 aromatic carbocycles. The van der Waals surface area contributed by atoms with Crippen molar-refractivity contribution in [3.8, 4) is 5.75 Å². The summed E-state index contributed by atoms with van der Waals surface area (Å²) in [5.41, 5.74) is 0.330. The van der Waals surface area contributed by atoms with Gasteiger partial charge in [-0.15, -0.1) is 0 Å². The maximum absolute atomic E-state index is 11.4. The van der Waals surface area contributed by atoms with Gasteiger partial charge in [-0.2, -0.15) is 0 Å². The van der Waals surface area contributed by atoms with E-state index in [1.165, 1.54) is 6.07 Å². The van der Waals surface area contributed by atoms with Crippen LogP contribution in [0.15, 0.2) is 24.3 Å². The summed E-state index contributed by atoms with van der Waals surface area (Å²) in [4.78, 5) is 11.4. The van der Waals surface area contributed by atoms with Gasteiger partial charge in [0.05, 0.1) is 5.56 Å². The van der Waals surface area contributed by atoms with Crippen LogP contribution in [0, 0.1) is 0 Å². The first-order valence-corrected chi connectivity index (χ1v) is 6.44. The second-order valence-electron chi connectivity index (χ2n) is 3.73. The zero-order valence-electron chi connectivity index (χ0n) is 11.5. The number of carbonyl (C=O) groups excluding carboxylic acids is 1. The molecule has 0 aliphatic rings. The lowest BCUT2D eigenvalue weighted by Crippen LogP contribution is -2.23. The van der Waals surface area contributed by atoms with Crippen LogP contribution in [-0.2, 0) is 0 Å². The molecule has 18 heavy (non-hydrogen) atoms. The van der Waals surface area contributed by atoms with E-state index in [4.69, 9.17) is 0 Å². The van der Waals surface area contributed by atoms with Crippen LogP contribution in [0.25, 0.3) is 0 Å². The molecule has 4 heteroatoms. The van der Waals surface area contributed by atoms with Gasteiger partial charge in [-0.25, -0.2) is 0 Å². The lowest BCUT2D eigenvalue weighted by molar-refractivity contribution is 0.0951. The Labute approximate surface area is 109 Å². The van der Waals surface area contributed by atoms with Gasteiger partial charge in [0.1, 0.15) is 5.75 Å². The predicted octanol–water partition coefficient (Wildman–Crippen LogP) is 2.15. The number of hydrogen-bond donors (Lipinski definition) is 3. The van der Waals surface area contributed by atoms with Gasteiger partial charge in [0.15, 0.2) is 0 Å². The van der Waals surface area contributed by atoms with Crippen LogP contribution in [0.2, 0.25) is 0 Å². The summed E-state index contributed by atoms with van der Waals surface area (Å²) >= 11 is 0. The fraction of sp³-hybridized carbons (Fsp3) is 0.500. The molecule has 4 nitrogen and oxygen atoms in total. The molecule has 0 bridgehead atoms. The highest BCUT2D eigenvalue weighted by Crippen LogP contribution is 2.14. The van der Waals surface area contributed by atoms with Gasteiger partial charge in [-0.3, -0.25) is 4.79 Å². The maximum atomic E-state index is 11.4. The van der Waals surface area contributed by atoms with Crippen molar-refractivity contribution >= 4 is 5.91 Å². The fourth-order valence-corrected chi connectivity index (χ4v) is 1.25. The SMILES string of the molecule is CCCNC(=O)c1ccccc1O.CCNCC. The van der Waals surface area contributed by atoms with E-state index >= 15 is 0 Å². The molecule has 0 aromatic heterocycles. The van der Waals surface area contributed by atoms with Crippen LogP contribution in [0.1, 0.15) is 37.6 Å². The molecule has 0 saturated carbocycles. The quantitative estimate of drug-likeness (QED) is 0.752. The van der Waals surface area contributed by atoms with Crippen LogP contribution in [0.4, 0.5) is 0 Å². The normalized spacial score (nSPS) is 9.28. The van der Waals surface area contributed by atoms with Crippen molar-refractivity contribution in [2.75, 3.05) is 19.6 Å². The van der Waals surface area contributed by atoms with E-state index < -0.39 is 0 Å². The minimum atomic E-state index is -0.222. The molecule has 1 rings (SSSR count). The van der Waals surface area contributed by atoms with Crippen molar-refractivity contribution in [1.29, 1.82) is 0 Å². The minimum Gasteiger partial charge on any atom is -0.507 e. The molecule has 0 fully saturated rings. The van der Waals surface area contributed by atoms with Crippen molar-refractivity contribution in [3.05, 3.63) is 29.8 Å². The molecule has 0 heterocycles. The number of carbonyl (C=O) groups is 1. The topological polar surface area (TPSA) is 61.4 Å². The van der Waals surface area contributed by atoms with Crippen molar-refractivity contribution in [2.24, 2.45) is 0 Å². The van der Waals surface area contributed by atoms with Crippen molar-refractivity contribution in [2.45, 2.75) is 27.2 Å². The van der Waals surface area contributed by atoms with Gasteiger partial charge >= 0.3 is 0 Å². The van der Waals surface area contributed by atoms with E-state index in [1.807, 2.05) is 6.92 Å². The van der Waals surface area contributed by atoms with E-state index in [0.29, 0.717) is 12.1 Å². The summed E-state index contributed by atoms with van der Waals surface area (Å²) in [6, 6.07) is 6.51. The monoisotopic (exact) mass is 252 g/mol. The van der Waals surface area contributed by atoms with Crippen LogP contribution in [0.3, 0.4) is 0 Å². The summed E-state index contributed by atoms with van der Waals surface area (Å²) in [5.74, 6) is -0.198. The van der Waals surface area contributed by atoms with Gasteiger partial charge in [0.25, 0.3) is 5.91 Å². The Kier molecular flexibility index (Phi) is 9.68. The third-order valence-electron chi connectivity index (χ3n) is 2.18. The van der Waals surface area contributed by atoms with Crippen molar-refractivity contribution < 1.29 is 9.90 Å². The van der Waals surface area contributed by atoms with Gasteiger partial charge < -0.3 is 15.7 Å². The molecule has 0 aliphatic heterocycles. The Morgan fingerprint density at radius 3 is 2.22 bits per heavy atom. The van der Waals surface area contributed by atoms with Gasteiger partial charge in [-0.05, 0) is 31.6 Å². The number of nitrogens with one attached hydrogen (secondary N) is 2. The van der Waals surface area contributed by atoms with E-state index in [1.54, 1.807) is 18.2 Å². The first-order valence-electron chi connectivity index (χ1n) is 6.44. The van der Waals surface area contributed by atoms with Gasteiger partial charge in [0.2, 0.25) is 0 Å². The van der Waals surface area contributed by atoms with Crippen LogP contribution in [-0.4, -0.2) is 30.6 Å². The molecule has 0 saturated heterocycles. The summed E-state index contributed by atoms with van der Waals surface area (Å²) in [7, 11) is 0. The Morgan fingerprint density at radius 1 is 1.17 bits per heavy atom. The van der Waals surface area contributed by atoms with Crippen LogP contribution >= 0.6 is 0 Å². The van der Waals surface area contributed by atoms with E-state index in [-0.39, 0.29) is 11.7 Å². The first kappa shape index (κ1) is 16.4. The predicted molar refractivity (Wildman–Crippen MR) is 74.9 cm³/mol. The molecule has 1 amide bonds. The molecule has 0 atom stereocenters. The summed E-state index contributed by atoms with van der Waals surface area (Å²) in [6.07, 6.45) is 0.888. The van der Waals surface area contributed by atoms with E-state index in [9.17, 15) is 9.90 Å². The molecular weight excluding hydrogens is 228 g/mol. The average molecular weight is 252 g/mol. The number of rotatable bonds is 5. The third-order valence-corrected chi connectivity index (χ3v) is 2.18. The number of benzene rings is 1. The molecule has 0 radical (unpaired) electrons. The summed E-state index contributed by atoms with van der Waals surface area (Å²) in [5, 5.41) is 15.1. The standard InChI is InChI=1S/C10H13NO2.C4H11N/c1-2-7-11-10(13)8-5-3-4-6-9(8)12;1-3-5-4-2/h3-6,12H,2,7H2,1H3,(H,11,13);5H,3-4H2,1-2H3. The maximum Gasteiger partial charge on any atom is 0.255 e. The molecule has 0 spiro atoms. The van der Waals surface area contributed by atoms with Gasteiger partial charge in [-0.1, -0.05) is 32.9 Å². The zero-order valence-corrected chi connectivity index (χ0v) is 11.5. The molecular formula is C14H24N2O2. The largest absolute Gasteiger partial charge is 0.507 e. The lowest BCUT2D eigenvalue weighted by atomic mass is 10.2. The van der Waals surface area contributed by atoms with E-state index in [2.05, 4.69) is 24.5 Å². The molecule has 0 aliphatic carbocycles. The number of phenolic OH excluding ortho intramolecular Hbond substituents is 1. The minimum absolute atomic E-state index is 0.0242. The highest BCUT2D eigenvalue weighted by molar-refractivity contribution is 5.96. The molecule has 3 N–H and O–H groups in total. The number of para-hydroxylation sites is 1. The van der Waals surface area contributed by atoms with Gasteiger partial charge in [0, 0.05) is 6.54 Å². The Morgan fingerprint density at radius 2 is 1.78 bits per heavy atom. The number of hydrogen-bond acceptors (Lipinski definition) is 3. The number of aromatic hydroxyl groups is 1. The third kappa shape index (κ3) is 6.91. The number of phenols is 1. The second-order valence-corrected chi connectivity index (χ2v) is 3.73. The number of amides is 1. The average Bonchev–Trinajstić information content (AvgIpc) is 2.38. The molecule has 0 unspecified atom stereocenters. The van der Waals surface area contributed by atoms with Crippen LogP contribution in [0.5, 0.6) is 5.75 Å². The Hall–Kier alpha value is -1.55. The van der Waals surface area contributed by atoms with Crippen LogP contribution < -0.4 is 10.6 Å². The first-order chi connectivity index (χ1) is 8.67. The van der Waals surface area contributed by atoms with E-state index in [0.717, 1.165) is 19.5 Å². The molecule has 102 valence electrons. The lowest BCUT2D eigenvalue weighted by Gasteiger charge is -2.04.